The lowest BCUT2D eigenvalue weighted by atomic mass is 10.0. The summed E-state index contributed by atoms with van der Waals surface area (Å²) >= 11 is 0. The molecule has 0 aliphatic carbocycles. The first-order chi connectivity index (χ1) is 9.22. The first-order valence-corrected chi connectivity index (χ1v) is 8.58. The monoisotopic (exact) mass is 270 g/mol. The van der Waals surface area contributed by atoms with Crippen molar-refractivity contribution in [3.05, 3.63) is 0 Å². The Kier molecular flexibility index (Phi) is 14.3. The zero-order valence-corrected chi connectivity index (χ0v) is 13.8. The van der Waals surface area contributed by atoms with E-state index >= 15 is 0 Å². The van der Waals surface area contributed by atoms with E-state index in [4.69, 9.17) is 5.73 Å². The second kappa shape index (κ2) is 14.3. The molecule has 0 fully saturated rings. The zero-order chi connectivity index (χ0) is 14.3. The summed E-state index contributed by atoms with van der Waals surface area (Å²) in [6.45, 7) is 3.10. The quantitative estimate of drug-likeness (QED) is 0.468. The predicted molar refractivity (Wildman–Crippen MR) is 87.6 cm³/mol. The van der Waals surface area contributed by atoms with Crippen LogP contribution in [0, 0.1) is 0 Å². The van der Waals surface area contributed by atoms with Gasteiger partial charge in [-0.15, -0.1) is 0 Å². The molecule has 2 N–H and O–H groups in total. The van der Waals surface area contributed by atoms with E-state index < -0.39 is 0 Å². The largest absolute Gasteiger partial charge is 0.330 e. The van der Waals surface area contributed by atoms with Crippen molar-refractivity contribution >= 4 is 0 Å². The van der Waals surface area contributed by atoms with Crippen LogP contribution < -0.4 is 5.73 Å². The number of nitrogens with two attached hydrogens (primary N) is 1. The highest BCUT2D eigenvalue weighted by atomic mass is 15.1. The molecule has 0 amide bonds. The van der Waals surface area contributed by atoms with Crippen molar-refractivity contribution in [2.24, 2.45) is 5.73 Å². The molecule has 0 heterocycles. The van der Waals surface area contributed by atoms with Gasteiger partial charge in [0.25, 0.3) is 0 Å². The van der Waals surface area contributed by atoms with Gasteiger partial charge in [0.2, 0.25) is 0 Å². The van der Waals surface area contributed by atoms with Crippen molar-refractivity contribution < 1.29 is 0 Å². The number of rotatable bonds is 14. The van der Waals surface area contributed by atoms with E-state index in [2.05, 4.69) is 25.9 Å². The standard InChI is InChI=1S/C17H38N2/c1-4-5-6-7-8-9-10-11-12-13-14-17(15-16-18)19(2)3/h17H,4-16,18H2,1-3H3. The van der Waals surface area contributed by atoms with Crippen LogP contribution in [-0.4, -0.2) is 31.6 Å². The Morgan fingerprint density at radius 2 is 1.21 bits per heavy atom. The molecule has 1 unspecified atom stereocenters. The first-order valence-electron chi connectivity index (χ1n) is 8.58. The van der Waals surface area contributed by atoms with E-state index in [-0.39, 0.29) is 0 Å². The van der Waals surface area contributed by atoms with Crippen molar-refractivity contribution in [1.82, 2.24) is 4.90 Å². The summed E-state index contributed by atoms with van der Waals surface area (Å²) in [5.74, 6) is 0. The summed E-state index contributed by atoms with van der Waals surface area (Å²) in [6.07, 6.45) is 16.7. The van der Waals surface area contributed by atoms with Gasteiger partial charge in [0.05, 0.1) is 0 Å². The Morgan fingerprint density at radius 1 is 0.737 bits per heavy atom. The third-order valence-corrected chi connectivity index (χ3v) is 4.12. The lowest BCUT2D eigenvalue weighted by Crippen LogP contribution is -2.30. The molecule has 19 heavy (non-hydrogen) atoms. The fourth-order valence-electron chi connectivity index (χ4n) is 2.72. The Balaban J connectivity index is 3.25. The second-order valence-corrected chi connectivity index (χ2v) is 6.17. The molecule has 2 nitrogen and oxygen atoms in total. The maximum Gasteiger partial charge on any atom is 0.0101 e. The predicted octanol–water partition coefficient (Wildman–Crippen LogP) is 4.58. The van der Waals surface area contributed by atoms with Crippen LogP contribution in [0.4, 0.5) is 0 Å². The van der Waals surface area contributed by atoms with Crippen LogP contribution in [0.25, 0.3) is 0 Å². The molecular formula is C17H38N2. The van der Waals surface area contributed by atoms with Gasteiger partial charge in [-0.3, -0.25) is 0 Å². The fourth-order valence-corrected chi connectivity index (χ4v) is 2.72. The van der Waals surface area contributed by atoms with Crippen molar-refractivity contribution in [1.29, 1.82) is 0 Å². The van der Waals surface area contributed by atoms with Crippen LogP contribution in [0.5, 0.6) is 0 Å². The molecule has 0 aliphatic rings. The third-order valence-electron chi connectivity index (χ3n) is 4.12. The van der Waals surface area contributed by atoms with E-state index in [0.29, 0.717) is 6.04 Å². The minimum absolute atomic E-state index is 0.694. The minimum atomic E-state index is 0.694. The maximum absolute atomic E-state index is 5.66. The summed E-state index contributed by atoms with van der Waals surface area (Å²) in [5, 5.41) is 0. The fraction of sp³-hybridized carbons (Fsp3) is 1.00. The van der Waals surface area contributed by atoms with Gasteiger partial charge in [-0.2, -0.15) is 0 Å². The van der Waals surface area contributed by atoms with E-state index in [1.54, 1.807) is 0 Å². The van der Waals surface area contributed by atoms with Crippen LogP contribution in [-0.2, 0) is 0 Å². The van der Waals surface area contributed by atoms with Gasteiger partial charge in [-0.1, -0.05) is 71.1 Å². The van der Waals surface area contributed by atoms with E-state index in [1.165, 1.54) is 70.6 Å². The van der Waals surface area contributed by atoms with Gasteiger partial charge in [-0.05, 0) is 33.5 Å². The van der Waals surface area contributed by atoms with Crippen LogP contribution in [0.3, 0.4) is 0 Å². The average molecular weight is 271 g/mol. The van der Waals surface area contributed by atoms with Crippen LogP contribution in [0.15, 0.2) is 0 Å². The van der Waals surface area contributed by atoms with Crippen molar-refractivity contribution in [2.75, 3.05) is 20.6 Å². The highest BCUT2D eigenvalue weighted by Gasteiger charge is 2.09. The minimum Gasteiger partial charge on any atom is -0.330 e. The van der Waals surface area contributed by atoms with Crippen LogP contribution in [0.2, 0.25) is 0 Å². The average Bonchev–Trinajstić information content (AvgIpc) is 2.39. The summed E-state index contributed by atoms with van der Waals surface area (Å²) in [6, 6.07) is 0.694. The molecule has 0 aromatic carbocycles. The van der Waals surface area contributed by atoms with Crippen molar-refractivity contribution in [3.8, 4) is 0 Å². The highest BCUT2D eigenvalue weighted by molar-refractivity contribution is 4.66. The molecule has 0 aromatic heterocycles. The molecule has 0 spiro atoms. The molecule has 0 saturated heterocycles. The zero-order valence-electron chi connectivity index (χ0n) is 13.8. The molecule has 0 bridgehead atoms. The lowest BCUT2D eigenvalue weighted by molar-refractivity contribution is 0.260. The van der Waals surface area contributed by atoms with Gasteiger partial charge >= 0.3 is 0 Å². The van der Waals surface area contributed by atoms with Gasteiger partial charge < -0.3 is 10.6 Å². The number of hydrogen-bond acceptors (Lipinski definition) is 2. The normalized spacial score (nSPS) is 13.1. The highest BCUT2D eigenvalue weighted by Crippen LogP contribution is 2.14. The maximum atomic E-state index is 5.66. The lowest BCUT2D eigenvalue weighted by Gasteiger charge is -2.23. The van der Waals surface area contributed by atoms with Gasteiger partial charge in [-0.25, -0.2) is 0 Å². The summed E-state index contributed by atoms with van der Waals surface area (Å²) < 4.78 is 0. The Hall–Kier alpha value is -0.0800. The molecule has 0 aromatic rings. The molecule has 0 rings (SSSR count). The second-order valence-electron chi connectivity index (χ2n) is 6.17. The van der Waals surface area contributed by atoms with E-state index in [1.807, 2.05) is 0 Å². The Labute approximate surface area is 122 Å². The summed E-state index contributed by atoms with van der Waals surface area (Å²) in [7, 11) is 4.35. The molecule has 116 valence electrons. The first kappa shape index (κ1) is 18.9. The van der Waals surface area contributed by atoms with Gasteiger partial charge in [0.1, 0.15) is 0 Å². The Bertz CT molecular complexity index is 169. The summed E-state index contributed by atoms with van der Waals surface area (Å²) in [4.78, 5) is 2.33. The van der Waals surface area contributed by atoms with Crippen LogP contribution >= 0.6 is 0 Å². The van der Waals surface area contributed by atoms with Crippen molar-refractivity contribution in [2.45, 2.75) is 90.0 Å². The number of nitrogens with zero attached hydrogens (tertiary/aromatic N) is 1. The SMILES string of the molecule is CCCCCCCCCCCCC(CCN)N(C)C. The van der Waals surface area contributed by atoms with E-state index in [9.17, 15) is 0 Å². The molecular weight excluding hydrogens is 232 g/mol. The Morgan fingerprint density at radius 3 is 1.63 bits per heavy atom. The van der Waals surface area contributed by atoms with Gasteiger partial charge in [0.15, 0.2) is 0 Å². The number of hydrogen-bond donors (Lipinski definition) is 1. The molecule has 0 saturated carbocycles. The topological polar surface area (TPSA) is 29.3 Å². The molecule has 0 radical (unpaired) electrons. The molecule has 1 atom stereocenters. The van der Waals surface area contributed by atoms with E-state index in [0.717, 1.165) is 13.0 Å². The van der Waals surface area contributed by atoms with Crippen molar-refractivity contribution in [3.63, 3.8) is 0 Å². The number of unbranched alkanes of at least 4 members (excludes halogenated alkanes) is 9. The van der Waals surface area contributed by atoms with Gasteiger partial charge in [0, 0.05) is 6.04 Å². The third kappa shape index (κ3) is 12.7. The van der Waals surface area contributed by atoms with Crippen LogP contribution in [0.1, 0.15) is 84.0 Å². The smallest absolute Gasteiger partial charge is 0.0101 e. The summed E-state index contributed by atoms with van der Waals surface area (Å²) in [5.41, 5.74) is 5.66. The molecule has 2 heteroatoms. The molecule has 0 aliphatic heterocycles.